The smallest absolute Gasteiger partial charge is 0.319 e. The van der Waals surface area contributed by atoms with Crippen LogP contribution >= 0.6 is 0 Å². The van der Waals surface area contributed by atoms with Crippen LogP contribution in [0.2, 0.25) is 0 Å². The number of anilines is 1. The maximum atomic E-state index is 12.6. The fraction of sp³-hybridized carbons (Fsp3) is 0.600. The van der Waals surface area contributed by atoms with Gasteiger partial charge in [-0.3, -0.25) is 9.58 Å². The van der Waals surface area contributed by atoms with Gasteiger partial charge in [0.15, 0.2) is 0 Å². The number of morpholine rings is 1. The first-order valence-electron chi connectivity index (χ1n) is 9.96. The lowest BCUT2D eigenvalue weighted by Gasteiger charge is -2.47. The summed E-state index contributed by atoms with van der Waals surface area (Å²) in [6, 6.07) is 5.64. The lowest BCUT2D eigenvalue weighted by Crippen LogP contribution is -2.61. The summed E-state index contributed by atoms with van der Waals surface area (Å²) in [5.74, 6) is 0. The van der Waals surface area contributed by atoms with E-state index in [2.05, 4.69) is 20.6 Å². The minimum atomic E-state index is -0.189. The molecule has 0 bridgehead atoms. The summed E-state index contributed by atoms with van der Waals surface area (Å²) in [5.41, 5.74) is 2.68. The average molecular weight is 387 g/mol. The van der Waals surface area contributed by atoms with Crippen LogP contribution in [0.25, 0.3) is 10.9 Å². The SMILES string of the molecule is Cc1c2ccc(NC(=O)NCC3(N4CCOCC4)CCOCC3)cc2nn1C. The second-order valence-corrected chi connectivity index (χ2v) is 7.68. The van der Waals surface area contributed by atoms with Crippen LogP contribution in [0.3, 0.4) is 0 Å². The topological polar surface area (TPSA) is 80.7 Å². The van der Waals surface area contributed by atoms with Crippen LogP contribution in [-0.2, 0) is 16.5 Å². The molecule has 1 aromatic carbocycles. The molecular formula is C20H29N5O3. The van der Waals surface area contributed by atoms with E-state index in [4.69, 9.17) is 9.47 Å². The van der Waals surface area contributed by atoms with Crippen molar-refractivity contribution in [2.75, 3.05) is 51.4 Å². The maximum Gasteiger partial charge on any atom is 0.319 e. The highest BCUT2D eigenvalue weighted by molar-refractivity contribution is 5.93. The lowest BCUT2D eigenvalue weighted by molar-refractivity contribution is -0.0689. The van der Waals surface area contributed by atoms with Crippen molar-refractivity contribution < 1.29 is 14.3 Å². The second kappa shape index (κ2) is 8.06. The van der Waals surface area contributed by atoms with E-state index < -0.39 is 0 Å². The number of benzene rings is 1. The first kappa shape index (κ1) is 19.2. The standard InChI is InChI=1S/C20H29N5O3/c1-15-17-4-3-16(13-18(17)23-24(15)2)22-19(26)21-14-20(5-9-27-10-6-20)25-7-11-28-12-8-25/h3-4,13H,5-12,14H2,1-2H3,(H2,21,22,26). The molecule has 8 heteroatoms. The van der Waals surface area contributed by atoms with Crippen molar-refractivity contribution in [3.05, 3.63) is 23.9 Å². The van der Waals surface area contributed by atoms with E-state index in [1.807, 2.05) is 36.9 Å². The number of hydrogen-bond donors (Lipinski definition) is 2. The van der Waals surface area contributed by atoms with E-state index >= 15 is 0 Å². The van der Waals surface area contributed by atoms with Gasteiger partial charge in [-0.2, -0.15) is 5.10 Å². The fourth-order valence-corrected chi connectivity index (χ4v) is 4.22. The van der Waals surface area contributed by atoms with Gasteiger partial charge in [0.2, 0.25) is 0 Å². The predicted octanol–water partition coefficient (Wildman–Crippen LogP) is 1.88. The second-order valence-electron chi connectivity index (χ2n) is 7.68. The fourth-order valence-electron chi connectivity index (χ4n) is 4.22. The zero-order chi connectivity index (χ0) is 19.6. The van der Waals surface area contributed by atoms with E-state index in [-0.39, 0.29) is 11.6 Å². The van der Waals surface area contributed by atoms with Gasteiger partial charge in [-0.05, 0) is 38.0 Å². The molecule has 8 nitrogen and oxygen atoms in total. The third-order valence-electron chi connectivity index (χ3n) is 6.07. The molecule has 2 N–H and O–H groups in total. The Labute approximate surface area is 165 Å². The van der Waals surface area contributed by atoms with Gasteiger partial charge >= 0.3 is 6.03 Å². The molecule has 0 spiro atoms. The highest BCUT2D eigenvalue weighted by Crippen LogP contribution is 2.28. The molecule has 2 aliphatic rings. The van der Waals surface area contributed by atoms with Gasteiger partial charge in [-0.1, -0.05) is 0 Å². The lowest BCUT2D eigenvalue weighted by atomic mass is 9.87. The number of carbonyl (C=O) groups is 1. The van der Waals surface area contributed by atoms with E-state index in [1.54, 1.807) is 0 Å². The molecule has 152 valence electrons. The molecule has 0 unspecified atom stereocenters. The summed E-state index contributed by atoms with van der Waals surface area (Å²) in [7, 11) is 1.92. The zero-order valence-electron chi connectivity index (χ0n) is 16.7. The molecule has 4 rings (SSSR count). The van der Waals surface area contributed by atoms with Crippen molar-refractivity contribution >= 4 is 22.6 Å². The number of aryl methyl sites for hydroxylation is 2. The number of fused-ring (bicyclic) bond motifs is 1. The van der Waals surface area contributed by atoms with Gasteiger partial charge in [-0.25, -0.2) is 4.79 Å². The van der Waals surface area contributed by atoms with Crippen molar-refractivity contribution in [3.8, 4) is 0 Å². The number of hydrogen-bond acceptors (Lipinski definition) is 5. The summed E-state index contributed by atoms with van der Waals surface area (Å²) in [4.78, 5) is 15.0. The monoisotopic (exact) mass is 387 g/mol. The van der Waals surface area contributed by atoms with Gasteiger partial charge in [0.25, 0.3) is 0 Å². The molecule has 2 fully saturated rings. The van der Waals surface area contributed by atoms with Crippen LogP contribution in [0.15, 0.2) is 18.2 Å². The molecule has 28 heavy (non-hydrogen) atoms. The first-order chi connectivity index (χ1) is 13.6. The van der Waals surface area contributed by atoms with E-state index in [0.717, 1.165) is 74.6 Å². The van der Waals surface area contributed by atoms with Crippen LogP contribution in [-0.4, -0.2) is 72.3 Å². The maximum absolute atomic E-state index is 12.6. The molecule has 3 heterocycles. The third-order valence-corrected chi connectivity index (χ3v) is 6.07. The number of ether oxygens (including phenoxy) is 2. The summed E-state index contributed by atoms with van der Waals surface area (Å²) in [6.45, 7) is 7.41. The molecule has 2 amide bonds. The van der Waals surface area contributed by atoms with Crippen molar-refractivity contribution in [1.82, 2.24) is 20.0 Å². The average Bonchev–Trinajstić information content (AvgIpc) is 3.01. The Balaban J connectivity index is 1.41. The van der Waals surface area contributed by atoms with E-state index in [9.17, 15) is 4.79 Å². The number of amides is 2. The van der Waals surface area contributed by atoms with Crippen LogP contribution < -0.4 is 10.6 Å². The van der Waals surface area contributed by atoms with Gasteiger partial charge < -0.3 is 20.1 Å². The van der Waals surface area contributed by atoms with Crippen LogP contribution in [0.5, 0.6) is 0 Å². The minimum Gasteiger partial charge on any atom is -0.381 e. The zero-order valence-corrected chi connectivity index (χ0v) is 16.7. The molecule has 2 aliphatic heterocycles. The van der Waals surface area contributed by atoms with Crippen LogP contribution in [0.4, 0.5) is 10.5 Å². The Kier molecular flexibility index (Phi) is 5.52. The van der Waals surface area contributed by atoms with Crippen LogP contribution in [0.1, 0.15) is 18.5 Å². The first-order valence-corrected chi connectivity index (χ1v) is 9.96. The van der Waals surface area contributed by atoms with Crippen molar-refractivity contribution in [2.24, 2.45) is 7.05 Å². The summed E-state index contributed by atoms with van der Waals surface area (Å²) in [5, 5.41) is 11.6. The molecule has 0 saturated carbocycles. The van der Waals surface area contributed by atoms with Crippen molar-refractivity contribution in [3.63, 3.8) is 0 Å². The van der Waals surface area contributed by atoms with E-state index in [1.165, 1.54) is 0 Å². The molecular weight excluding hydrogens is 358 g/mol. The molecule has 0 atom stereocenters. The number of rotatable bonds is 4. The Morgan fingerprint density at radius 3 is 2.64 bits per heavy atom. The minimum absolute atomic E-state index is 0.0541. The largest absolute Gasteiger partial charge is 0.381 e. The number of nitrogens with one attached hydrogen (secondary N) is 2. The molecule has 2 saturated heterocycles. The molecule has 1 aromatic heterocycles. The molecule has 0 aliphatic carbocycles. The number of carbonyl (C=O) groups excluding carboxylic acids is 1. The van der Waals surface area contributed by atoms with Gasteiger partial charge in [0, 0.05) is 62.2 Å². The highest BCUT2D eigenvalue weighted by Gasteiger charge is 2.39. The van der Waals surface area contributed by atoms with Gasteiger partial charge in [0.1, 0.15) is 0 Å². The summed E-state index contributed by atoms with van der Waals surface area (Å²) >= 11 is 0. The number of nitrogens with zero attached hydrogens (tertiary/aromatic N) is 3. The predicted molar refractivity (Wildman–Crippen MR) is 108 cm³/mol. The Bertz CT molecular complexity index is 838. The van der Waals surface area contributed by atoms with E-state index in [0.29, 0.717) is 6.54 Å². The summed E-state index contributed by atoms with van der Waals surface area (Å²) < 4.78 is 12.9. The molecule has 2 aromatic rings. The number of aromatic nitrogens is 2. The van der Waals surface area contributed by atoms with Crippen LogP contribution in [0, 0.1) is 6.92 Å². The Morgan fingerprint density at radius 1 is 1.18 bits per heavy atom. The van der Waals surface area contributed by atoms with Gasteiger partial charge in [-0.15, -0.1) is 0 Å². The van der Waals surface area contributed by atoms with Crippen molar-refractivity contribution in [1.29, 1.82) is 0 Å². The Morgan fingerprint density at radius 2 is 1.89 bits per heavy atom. The Hall–Kier alpha value is -2.16. The van der Waals surface area contributed by atoms with Gasteiger partial charge in [0.05, 0.1) is 18.7 Å². The molecule has 0 radical (unpaired) electrons. The summed E-state index contributed by atoms with van der Waals surface area (Å²) in [6.07, 6.45) is 1.85. The normalized spacial score (nSPS) is 20.2. The number of urea groups is 1. The third kappa shape index (κ3) is 3.85. The quantitative estimate of drug-likeness (QED) is 0.837. The highest BCUT2D eigenvalue weighted by atomic mass is 16.5. The van der Waals surface area contributed by atoms with Crippen molar-refractivity contribution in [2.45, 2.75) is 25.3 Å².